The van der Waals surface area contributed by atoms with Gasteiger partial charge in [0.25, 0.3) is 5.78 Å². The summed E-state index contributed by atoms with van der Waals surface area (Å²) in [6.07, 6.45) is 0. The van der Waals surface area contributed by atoms with Crippen LogP contribution in [0.25, 0.3) is 10.9 Å². The van der Waals surface area contributed by atoms with Gasteiger partial charge in [-0.1, -0.05) is 12.1 Å². The summed E-state index contributed by atoms with van der Waals surface area (Å²) in [4.78, 5) is 23.4. The minimum Gasteiger partial charge on any atom is -0.460 e. The molecule has 0 unspecified atom stereocenters. The van der Waals surface area contributed by atoms with Gasteiger partial charge in [-0.3, -0.25) is 4.79 Å². The van der Waals surface area contributed by atoms with E-state index in [9.17, 15) is 9.59 Å². The third-order valence-corrected chi connectivity index (χ3v) is 3.53. The number of benzene rings is 1. The molecule has 100 valence electrons. The van der Waals surface area contributed by atoms with E-state index in [2.05, 4.69) is 0 Å². The van der Waals surface area contributed by atoms with Gasteiger partial charge in [-0.2, -0.15) is 0 Å². The molecular formula is C15H17NO3. The number of carbonyl (C=O) groups is 2. The minimum atomic E-state index is -0.801. The summed E-state index contributed by atoms with van der Waals surface area (Å²) in [5.41, 5.74) is 3.65. The second-order valence-electron chi connectivity index (χ2n) is 4.55. The fourth-order valence-corrected chi connectivity index (χ4v) is 2.21. The second-order valence-corrected chi connectivity index (χ2v) is 4.55. The number of rotatable bonds is 3. The molecule has 0 radical (unpaired) electrons. The van der Waals surface area contributed by atoms with Crippen molar-refractivity contribution in [3.05, 3.63) is 35.0 Å². The van der Waals surface area contributed by atoms with Crippen molar-refractivity contribution in [3.63, 3.8) is 0 Å². The number of hydrogen-bond acceptors (Lipinski definition) is 3. The van der Waals surface area contributed by atoms with Crippen molar-refractivity contribution in [2.24, 2.45) is 7.05 Å². The highest BCUT2D eigenvalue weighted by molar-refractivity contribution is 6.40. The average molecular weight is 259 g/mol. The van der Waals surface area contributed by atoms with Crippen LogP contribution < -0.4 is 0 Å². The first-order valence-electron chi connectivity index (χ1n) is 6.24. The number of nitrogens with zero attached hydrogens (tertiary/aromatic N) is 1. The maximum atomic E-state index is 11.9. The minimum absolute atomic E-state index is 0.204. The fraction of sp³-hybridized carbons (Fsp3) is 0.333. The van der Waals surface area contributed by atoms with Crippen molar-refractivity contribution in [1.82, 2.24) is 4.57 Å². The van der Waals surface area contributed by atoms with Gasteiger partial charge < -0.3 is 9.30 Å². The zero-order valence-corrected chi connectivity index (χ0v) is 11.6. The Morgan fingerprint density at radius 1 is 1.26 bits per heavy atom. The largest absolute Gasteiger partial charge is 0.460 e. The molecule has 0 atom stereocenters. The summed E-state index contributed by atoms with van der Waals surface area (Å²) in [7, 11) is 1.95. The Morgan fingerprint density at radius 3 is 2.58 bits per heavy atom. The van der Waals surface area contributed by atoms with Crippen LogP contribution in [0, 0.1) is 13.8 Å². The van der Waals surface area contributed by atoms with E-state index in [0.29, 0.717) is 5.56 Å². The van der Waals surface area contributed by atoms with Crippen LogP contribution in [0.5, 0.6) is 0 Å². The molecule has 0 N–H and O–H groups in total. The van der Waals surface area contributed by atoms with Gasteiger partial charge in [-0.15, -0.1) is 0 Å². The lowest BCUT2D eigenvalue weighted by Crippen LogP contribution is -2.17. The predicted octanol–water partition coefficient (Wildman–Crippen LogP) is 2.54. The predicted molar refractivity (Wildman–Crippen MR) is 73.4 cm³/mol. The summed E-state index contributed by atoms with van der Waals surface area (Å²) in [5.74, 6) is -1.40. The maximum Gasteiger partial charge on any atom is 0.379 e. The van der Waals surface area contributed by atoms with E-state index in [-0.39, 0.29) is 6.61 Å². The zero-order valence-electron chi connectivity index (χ0n) is 11.6. The van der Waals surface area contributed by atoms with Crippen LogP contribution in [0.3, 0.4) is 0 Å². The van der Waals surface area contributed by atoms with Crippen LogP contribution in [0.1, 0.15) is 28.5 Å². The SMILES string of the molecule is CCOC(=O)C(=O)c1ccc2c(C)c(C)n(C)c2c1. The quantitative estimate of drug-likeness (QED) is 0.483. The number of aryl methyl sites for hydroxylation is 2. The third-order valence-electron chi connectivity index (χ3n) is 3.53. The van der Waals surface area contributed by atoms with Gasteiger partial charge in [0, 0.05) is 29.2 Å². The Bertz CT molecular complexity index is 668. The van der Waals surface area contributed by atoms with Crippen LogP contribution in [0.15, 0.2) is 18.2 Å². The first-order chi connectivity index (χ1) is 8.97. The molecule has 4 heteroatoms. The van der Waals surface area contributed by atoms with E-state index in [1.54, 1.807) is 19.1 Å². The molecule has 0 aliphatic heterocycles. The number of hydrogen-bond donors (Lipinski definition) is 0. The van der Waals surface area contributed by atoms with Crippen molar-refractivity contribution >= 4 is 22.7 Å². The Morgan fingerprint density at radius 2 is 1.95 bits per heavy atom. The van der Waals surface area contributed by atoms with Crippen molar-refractivity contribution in [1.29, 1.82) is 0 Å². The average Bonchev–Trinajstić information content (AvgIpc) is 2.63. The summed E-state index contributed by atoms with van der Waals surface area (Å²) in [6, 6.07) is 5.30. The van der Waals surface area contributed by atoms with E-state index in [4.69, 9.17) is 4.74 Å². The van der Waals surface area contributed by atoms with Crippen molar-refractivity contribution in [2.75, 3.05) is 6.61 Å². The molecular weight excluding hydrogens is 242 g/mol. The molecule has 1 aromatic carbocycles. The van der Waals surface area contributed by atoms with Crippen LogP contribution in [0.4, 0.5) is 0 Å². The Labute approximate surface area is 112 Å². The van der Waals surface area contributed by atoms with Crippen LogP contribution in [-0.2, 0) is 16.6 Å². The molecule has 1 aromatic heterocycles. The fourth-order valence-electron chi connectivity index (χ4n) is 2.21. The highest BCUT2D eigenvalue weighted by Crippen LogP contribution is 2.25. The number of ether oxygens (including phenoxy) is 1. The summed E-state index contributed by atoms with van der Waals surface area (Å²) < 4.78 is 6.75. The van der Waals surface area contributed by atoms with E-state index >= 15 is 0 Å². The molecule has 0 fully saturated rings. The van der Waals surface area contributed by atoms with Crippen molar-refractivity contribution in [2.45, 2.75) is 20.8 Å². The molecule has 0 bridgehead atoms. The molecule has 0 saturated heterocycles. The number of carbonyl (C=O) groups excluding carboxylic acids is 2. The smallest absolute Gasteiger partial charge is 0.379 e. The van der Waals surface area contributed by atoms with Crippen molar-refractivity contribution < 1.29 is 14.3 Å². The monoisotopic (exact) mass is 259 g/mol. The first kappa shape index (κ1) is 13.3. The highest BCUT2D eigenvalue weighted by Gasteiger charge is 2.19. The van der Waals surface area contributed by atoms with Crippen LogP contribution >= 0.6 is 0 Å². The topological polar surface area (TPSA) is 48.3 Å². The molecule has 0 saturated carbocycles. The molecule has 2 aromatic rings. The lowest BCUT2D eigenvalue weighted by molar-refractivity contribution is -0.137. The molecule has 0 aliphatic carbocycles. The van der Waals surface area contributed by atoms with Gasteiger partial charge in [0.05, 0.1) is 6.61 Å². The molecule has 1 heterocycles. The Balaban J connectivity index is 2.50. The lowest BCUT2D eigenvalue weighted by atomic mass is 10.1. The molecule has 0 aliphatic rings. The van der Waals surface area contributed by atoms with Gasteiger partial charge in [-0.05, 0) is 32.4 Å². The third kappa shape index (κ3) is 2.14. The summed E-state index contributed by atoms with van der Waals surface area (Å²) >= 11 is 0. The standard InChI is InChI=1S/C15H17NO3/c1-5-19-15(18)14(17)11-6-7-12-9(2)10(3)16(4)13(12)8-11/h6-8H,5H2,1-4H3. The van der Waals surface area contributed by atoms with Gasteiger partial charge >= 0.3 is 5.97 Å². The molecule has 0 spiro atoms. The molecule has 2 rings (SSSR count). The summed E-state index contributed by atoms with van der Waals surface area (Å²) in [5, 5.41) is 1.10. The first-order valence-corrected chi connectivity index (χ1v) is 6.24. The Hall–Kier alpha value is -2.10. The van der Waals surface area contributed by atoms with Crippen molar-refractivity contribution in [3.8, 4) is 0 Å². The summed E-state index contributed by atoms with van der Waals surface area (Å²) in [6.45, 7) is 5.96. The van der Waals surface area contributed by atoms with Crippen LogP contribution in [-0.4, -0.2) is 22.9 Å². The number of aromatic nitrogens is 1. The zero-order chi connectivity index (χ0) is 14.2. The number of esters is 1. The number of ketones is 1. The lowest BCUT2D eigenvalue weighted by Gasteiger charge is -2.03. The molecule has 19 heavy (non-hydrogen) atoms. The van der Waals surface area contributed by atoms with Gasteiger partial charge in [0.1, 0.15) is 0 Å². The van der Waals surface area contributed by atoms with E-state index < -0.39 is 11.8 Å². The van der Waals surface area contributed by atoms with E-state index in [1.807, 2.05) is 31.5 Å². The van der Waals surface area contributed by atoms with E-state index in [1.165, 1.54) is 5.56 Å². The Kier molecular flexibility index (Phi) is 3.42. The highest BCUT2D eigenvalue weighted by atomic mass is 16.5. The maximum absolute atomic E-state index is 11.9. The van der Waals surface area contributed by atoms with Gasteiger partial charge in [0.2, 0.25) is 0 Å². The molecule has 4 nitrogen and oxygen atoms in total. The van der Waals surface area contributed by atoms with Crippen LogP contribution in [0.2, 0.25) is 0 Å². The number of Topliss-reactive ketones (excluding diaryl/α,β-unsaturated/α-hetero) is 1. The van der Waals surface area contributed by atoms with E-state index in [0.717, 1.165) is 16.6 Å². The van der Waals surface area contributed by atoms with Gasteiger partial charge in [-0.25, -0.2) is 4.79 Å². The second kappa shape index (κ2) is 4.88. The number of fused-ring (bicyclic) bond motifs is 1. The normalized spacial score (nSPS) is 10.7. The molecule has 0 amide bonds. The van der Waals surface area contributed by atoms with Gasteiger partial charge in [0.15, 0.2) is 0 Å².